The second-order valence-electron chi connectivity index (χ2n) is 4.44. The van der Waals surface area contributed by atoms with Crippen LogP contribution in [-0.2, 0) is 5.54 Å². The van der Waals surface area contributed by atoms with Gasteiger partial charge in [0.25, 0.3) is 5.91 Å². The largest absolute Gasteiger partial charge is 0.366 e. The first-order valence-corrected chi connectivity index (χ1v) is 5.62. The number of H-pyrrole nitrogens is 1. The van der Waals surface area contributed by atoms with Crippen LogP contribution in [0.4, 0.5) is 0 Å². The van der Waals surface area contributed by atoms with E-state index in [1.165, 1.54) is 0 Å². The van der Waals surface area contributed by atoms with Crippen molar-refractivity contribution in [3.8, 4) is 0 Å². The standard InChI is InChI=1S/C13H12N4O/c1-13(6-3-7-15-13)12-16-9-5-2-4-8(11(14)18)10(9)17-12/h2-7H,1H3,(H2,14,18)(H,16,17)/t13-/m1/s1. The Kier molecular flexibility index (Phi) is 2.10. The van der Waals surface area contributed by atoms with Gasteiger partial charge in [0.1, 0.15) is 16.9 Å². The fourth-order valence-electron chi connectivity index (χ4n) is 2.08. The molecule has 0 fully saturated rings. The fourth-order valence-corrected chi connectivity index (χ4v) is 2.08. The maximum Gasteiger partial charge on any atom is 0.250 e. The molecule has 5 heteroatoms. The van der Waals surface area contributed by atoms with Gasteiger partial charge in [0, 0.05) is 6.21 Å². The second-order valence-corrected chi connectivity index (χ2v) is 4.44. The first-order chi connectivity index (χ1) is 8.60. The number of carbonyl (C=O) groups is 1. The molecule has 5 nitrogen and oxygen atoms in total. The van der Waals surface area contributed by atoms with Gasteiger partial charge in [0.05, 0.1) is 11.1 Å². The molecule has 0 aliphatic carbocycles. The average Bonchev–Trinajstić information content (AvgIpc) is 2.94. The van der Waals surface area contributed by atoms with Gasteiger partial charge in [-0.05, 0) is 31.2 Å². The van der Waals surface area contributed by atoms with Crippen LogP contribution in [0.5, 0.6) is 0 Å². The zero-order chi connectivity index (χ0) is 12.8. The number of rotatable bonds is 2. The minimum absolute atomic E-state index is 0.421. The number of nitrogens with zero attached hydrogens (tertiary/aromatic N) is 2. The average molecular weight is 240 g/mol. The normalized spacial score (nSPS) is 21.8. The highest BCUT2D eigenvalue weighted by molar-refractivity contribution is 6.04. The molecule has 3 N–H and O–H groups in total. The molecular formula is C13H12N4O. The number of carbonyl (C=O) groups excluding carboxylic acids is 1. The maximum atomic E-state index is 11.4. The number of para-hydroxylation sites is 1. The minimum atomic E-state index is -0.492. The number of aromatic amines is 1. The summed E-state index contributed by atoms with van der Waals surface area (Å²) in [5, 5.41) is 0. The number of fused-ring (bicyclic) bond motifs is 1. The van der Waals surface area contributed by atoms with Crippen LogP contribution in [0, 0.1) is 0 Å². The van der Waals surface area contributed by atoms with Crippen LogP contribution in [0.25, 0.3) is 11.0 Å². The predicted octanol–water partition coefficient (Wildman–Crippen LogP) is 1.52. The number of nitrogens with two attached hydrogens (primary N) is 1. The van der Waals surface area contributed by atoms with Crippen LogP contribution in [0.1, 0.15) is 23.1 Å². The van der Waals surface area contributed by atoms with Gasteiger partial charge in [0.15, 0.2) is 0 Å². The molecule has 18 heavy (non-hydrogen) atoms. The molecule has 1 aromatic heterocycles. The van der Waals surface area contributed by atoms with E-state index in [1.54, 1.807) is 18.3 Å². The Morgan fingerprint density at radius 2 is 2.28 bits per heavy atom. The van der Waals surface area contributed by atoms with E-state index in [2.05, 4.69) is 15.0 Å². The van der Waals surface area contributed by atoms with E-state index in [0.29, 0.717) is 16.9 Å². The minimum Gasteiger partial charge on any atom is -0.366 e. The third-order valence-electron chi connectivity index (χ3n) is 3.11. The number of aromatic nitrogens is 2. The summed E-state index contributed by atoms with van der Waals surface area (Å²) in [6.07, 6.45) is 5.57. The maximum absolute atomic E-state index is 11.4. The van der Waals surface area contributed by atoms with E-state index in [1.807, 2.05) is 25.1 Å². The Morgan fingerprint density at radius 1 is 1.44 bits per heavy atom. The molecule has 3 rings (SSSR count). The number of amides is 1. The summed E-state index contributed by atoms with van der Waals surface area (Å²) in [6, 6.07) is 5.32. The van der Waals surface area contributed by atoms with Gasteiger partial charge in [-0.25, -0.2) is 4.98 Å². The highest BCUT2D eigenvalue weighted by Gasteiger charge is 2.28. The number of nitrogens with one attached hydrogen (secondary N) is 1. The number of allylic oxidation sites excluding steroid dienone is 1. The summed E-state index contributed by atoms with van der Waals surface area (Å²) in [6.45, 7) is 1.95. The van der Waals surface area contributed by atoms with Crippen LogP contribution in [0.3, 0.4) is 0 Å². The molecule has 1 aliphatic heterocycles. The van der Waals surface area contributed by atoms with Crippen molar-refractivity contribution < 1.29 is 4.79 Å². The highest BCUT2D eigenvalue weighted by atomic mass is 16.1. The fraction of sp³-hybridized carbons (Fsp3) is 0.154. The van der Waals surface area contributed by atoms with E-state index in [4.69, 9.17) is 5.73 Å². The predicted molar refractivity (Wildman–Crippen MR) is 69.6 cm³/mol. The van der Waals surface area contributed by atoms with Crippen molar-refractivity contribution in [3.05, 3.63) is 41.7 Å². The molecule has 90 valence electrons. The number of hydrogen-bond acceptors (Lipinski definition) is 3. The third kappa shape index (κ3) is 1.44. The van der Waals surface area contributed by atoms with Crippen LogP contribution in [0.15, 0.2) is 35.3 Å². The lowest BCUT2D eigenvalue weighted by Crippen LogP contribution is -2.15. The molecule has 1 atom stereocenters. The van der Waals surface area contributed by atoms with E-state index in [-0.39, 0.29) is 0 Å². The van der Waals surface area contributed by atoms with Gasteiger partial charge in [-0.15, -0.1) is 0 Å². The molecule has 1 aliphatic rings. The summed E-state index contributed by atoms with van der Waals surface area (Å²) in [4.78, 5) is 23.4. The lowest BCUT2D eigenvalue weighted by atomic mass is 10.0. The monoisotopic (exact) mass is 240 g/mol. The third-order valence-corrected chi connectivity index (χ3v) is 3.11. The van der Waals surface area contributed by atoms with E-state index < -0.39 is 11.4 Å². The van der Waals surface area contributed by atoms with Crippen molar-refractivity contribution in [1.29, 1.82) is 0 Å². The van der Waals surface area contributed by atoms with Crippen molar-refractivity contribution in [1.82, 2.24) is 9.97 Å². The van der Waals surface area contributed by atoms with Crippen molar-refractivity contribution in [3.63, 3.8) is 0 Å². The summed E-state index contributed by atoms with van der Waals surface area (Å²) in [7, 11) is 0. The SMILES string of the molecule is C[C@]1(c2nc3c(C(N)=O)cccc3[nH]2)C=CC=N1. The van der Waals surface area contributed by atoms with E-state index in [0.717, 1.165) is 5.52 Å². The first kappa shape index (κ1) is 10.7. The number of aliphatic imine (C=N–C) groups is 1. The molecule has 0 bridgehead atoms. The highest BCUT2D eigenvalue weighted by Crippen LogP contribution is 2.29. The first-order valence-electron chi connectivity index (χ1n) is 5.62. The lowest BCUT2D eigenvalue weighted by Gasteiger charge is -2.14. The summed E-state index contributed by atoms with van der Waals surface area (Å²) < 4.78 is 0. The smallest absolute Gasteiger partial charge is 0.250 e. The van der Waals surface area contributed by atoms with Crippen molar-refractivity contribution in [2.75, 3.05) is 0 Å². The Balaban J connectivity index is 2.23. The summed E-state index contributed by atoms with van der Waals surface area (Å²) in [5.74, 6) is 0.227. The Hall–Kier alpha value is -2.43. The van der Waals surface area contributed by atoms with Gasteiger partial charge < -0.3 is 10.7 Å². The van der Waals surface area contributed by atoms with Crippen LogP contribution in [0.2, 0.25) is 0 Å². The number of primary amides is 1. The molecule has 2 aromatic rings. The topological polar surface area (TPSA) is 84.1 Å². The molecule has 2 heterocycles. The molecule has 1 amide bonds. The Bertz CT molecular complexity index is 684. The molecule has 0 spiro atoms. The molecule has 0 saturated carbocycles. The Morgan fingerprint density at radius 3 is 2.94 bits per heavy atom. The van der Waals surface area contributed by atoms with Crippen molar-refractivity contribution in [2.45, 2.75) is 12.5 Å². The molecule has 0 saturated heterocycles. The second kappa shape index (κ2) is 3.53. The van der Waals surface area contributed by atoms with E-state index in [9.17, 15) is 4.79 Å². The number of benzene rings is 1. The summed E-state index contributed by atoms with van der Waals surface area (Å²) >= 11 is 0. The zero-order valence-corrected chi connectivity index (χ0v) is 9.84. The quantitative estimate of drug-likeness (QED) is 0.834. The van der Waals surface area contributed by atoms with Crippen molar-refractivity contribution >= 4 is 23.2 Å². The van der Waals surface area contributed by atoms with Gasteiger partial charge in [-0.1, -0.05) is 6.07 Å². The van der Waals surface area contributed by atoms with E-state index >= 15 is 0 Å². The van der Waals surface area contributed by atoms with Gasteiger partial charge >= 0.3 is 0 Å². The number of imidazole rings is 1. The van der Waals surface area contributed by atoms with Crippen LogP contribution in [-0.4, -0.2) is 22.1 Å². The van der Waals surface area contributed by atoms with Gasteiger partial charge in [-0.3, -0.25) is 9.79 Å². The molecule has 0 radical (unpaired) electrons. The summed E-state index contributed by atoms with van der Waals surface area (Å²) in [5.41, 5.74) is 6.65. The molecule has 0 unspecified atom stereocenters. The van der Waals surface area contributed by atoms with Gasteiger partial charge in [0.2, 0.25) is 0 Å². The lowest BCUT2D eigenvalue weighted by molar-refractivity contribution is 0.100. The molecule has 1 aromatic carbocycles. The number of hydrogen-bond donors (Lipinski definition) is 2. The Labute approximate surface area is 103 Å². The van der Waals surface area contributed by atoms with Gasteiger partial charge in [-0.2, -0.15) is 0 Å². The van der Waals surface area contributed by atoms with Crippen molar-refractivity contribution in [2.24, 2.45) is 10.7 Å². The van der Waals surface area contributed by atoms with Crippen LogP contribution >= 0.6 is 0 Å². The molecular weight excluding hydrogens is 228 g/mol. The zero-order valence-electron chi connectivity index (χ0n) is 9.84. The van der Waals surface area contributed by atoms with Crippen LogP contribution < -0.4 is 5.73 Å².